The minimum absolute atomic E-state index is 0.117. The van der Waals surface area contributed by atoms with Gasteiger partial charge in [-0.1, -0.05) is 17.7 Å². The van der Waals surface area contributed by atoms with Gasteiger partial charge >= 0.3 is 0 Å². The van der Waals surface area contributed by atoms with Crippen molar-refractivity contribution in [2.75, 3.05) is 0 Å². The highest BCUT2D eigenvalue weighted by Gasteiger charge is 2.09. The van der Waals surface area contributed by atoms with Gasteiger partial charge in [-0.3, -0.25) is 4.79 Å². The zero-order chi connectivity index (χ0) is 11.4. The summed E-state index contributed by atoms with van der Waals surface area (Å²) >= 11 is 5.97. The molecule has 0 aromatic heterocycles. The van der Waals surface area contributed by atoms with E-state index in [4.69, 9.17) is 16.3 Å². The molecule has 1 rings (SSSR count). The Kier molecular flexibility index (Phi) is 4.15. The van der Waals surface area contributed by atoms with Gasteiger partial charge in [0.1, 0.15) is 17.6 Å². The minimum atomic E-state index is -0.137. The first-order chi connectivity index (χ1) is 6.99. The van der Waals surface area contributed by atoms with E-state index in [9.17, 15) is 4.79 Å². The molecule has 1 aromatic carbocycles. The molecular formula is C12H15ClO2. The van der Waals surface area contributed by atoms with Gasteiger partial charge in [0, 0.05) is 6.42 Å². The lowest BCUT2D eigenvalue weighted by Gasteiger charge is -2.14. The van der Waals surface area contributed by atoms with Gasteiger partial charge in [0.15, 0.2) is 0 Å². The van der Waals surface area contributed by atoms with Crippen LogP contribution in [0.5, 0.6) is 5.75 Å². The number of Topliss-reactive ketones (excluding diaryl/α,β-unsaturated/α-hetero) is 1. The Hall–Kier alpha value is -1.02. The van der Waals surface area contributed by atoms with Crippen molar-refractivity contribution in [2.45, 2.75) is 33.3 Å². The molecule has 0 saturated carbocycles. The van der Waals surface area contributed by atoms with Crippen molar-refractivity contribution in [3.05, 3.63) is 28.8 Å². The maximum atomic E-state index is 10.9. The quantitative estimate of drug-likeness (QED) is 0.787. The van der Waals surface area contributed by atoms with Gasteiger partial charge in [-0.2, -0.15) is 0 Å². The van der Waals surface area contributed by atoms with Crippen LogP contribution in [0.1, 0.15) is 25.8 Å². The third kappa shape index (κ3) is 3.92. The highest BCUT2D eigenvalue weighted by Crippen LogP contribution is 2.26. The SMILES string of the molecule is CC(=O)CC(C)Oc1cc(C)ccc1Cl. The molecule has 0 spiro atoms. The van der Waals surface area contributed by atoms with Crippen LogP contribution in [-0.2, 0) is 4.79 Å². The van der Waals surface area contributed by atoms with Gasteiger partial charge in [0.05, 0.1) is 5.02 Å². The summed E-state index contributed by atoms with van der Waals surface area (Å²) in [7, 11) is 0. The summed E-state index contributed by atoms with van der Waals surface area (Å²) in [5.41, 5.74) is 1.09. The van der Waals surface area contributed by atoms with E-state index in [2.05, 4.69) is 0 Å². The smallest absolute Gasteiger partial charge is 0.138 e. The molecule has 0 amide bonds. The normalized spacial score (nSPS) is 12.3. The lowest BCUT2D eigenvalue weighted by Crippen LogP contribution is -2.15. The maximum Gasteiger partial charge on any atom is 0.138 e. The first-order valence-electron chi connectivity index (χ1n) is 4.91. The minimum Gasteiger partial charge on any atom is -0.489 e. The van der Waals surface area contributed by atoms with Crippen LogP contribution >= 0.6 is 11.6 Å². The van der Waals surface area contributed by atoms with E-state index in [-0.39, 0.29) is 11.9 Å². The molecule has 15 heavy (non-hydrogen) atoms. The summed E-state index contributed by atoms with van der Waals surface area (Å²) in [5, 5.41) is 0.580. The Balaban J connectivity index is 2.71. The molecule has 1 unspecified atom stereocenters. The fraction of sp³-hybridized carbons (Fsp3) is 0.417. The number of carbonyl (C=O) groups is 1. The number of hydrogen-bond acceptors (Lipinski definition) is 2. The highest BCUT2D eigenvalue weighted by molar-refractivity contribution is 6.32. The van der Waals surface area contributed by atoms with Crippen LogP contribution in [0.25, 0.3) is 0 Å². The van der Waals surface area contributed by atoms with Gasteiger partial charge in [0.25, 0.3) is 0 Å². The van der Waals surface area contributed by atoms with Crippen molar-refractivity contribution in [1.29, 1.82) is 0 Å². The van der Waals surface area contributed by atoms with Gasteiger partial charge < -0.3 is 4.74 Å². The number of ketones is 1. The number of rotatable bonds is 4. The Morgan fingerprint density at radius 2 is 2.20 bits per heavy atom. The number of halogens is 1. The Morgan fingerprint density at radius 1 is 1.53 bits per heavy atom. The largest absolute Gasteiger partial charge is 0.489 e. The van der Waals surface area contributed by atoms with Gasteiger partial charge in [-0.15, -0.1) is 0 Å². The molecule has 2 nitrogen and oxygen atoms in total. The van der Waals surface area contributed by atoms with Crippen LogP contribution in [0.15, 0.2) is 18.2 Å². The van der Waals surface area contributed by atoms with Gasteiger partial charge in [0.2, 0.25) is 0 Å². The van der Waals surface area contributed by atoms with Gasteiger partial charge in [-0.25, -0.2) is 0 Å². The van der Waals surface area contributed by atoms with E-state index < -0.39 is 0 Å². The molecule has 0 saturated heterocycles. The second-order valence-electron chi connectivity index (χ2n) is 3.77. The molecule has 3 heteroatoms. The lowest BCUT2D eigenvalue weighted by molar-refractivity contribution is -0.118. The Bertz CT molecular complexity index is 361. The standard InChI is InChI=1S/C12H15ClO2/c1-8-4-5-11(13)12(6-8)15-10(3)7-9(2)14/h4-6,10H,7H2,1-3H3. The van der Waals surface area contributed by atoms with Crippen molar-refractivity contribution < 1.29 is 9.53 Å². The molecule has 0 aliphatic rings. The molecule has 0 radical (unpaired) electrons. The van der Waals surface area contributed by atoms with Crippen molar-refractivity contribution in [3.8, 4) is 5.75 Å². The predicted octanol–water partition coefficient (Wildman–Crippen LogP) is 3.39. The van der Waals surface area contributed by atoms with E-state index in [0.29, 0.717) is 17.2 Å². The van der Waals surface area contributed by atoms with Crippen LogP contribution in [0.2, 0.25) is 5.02 Å². The zero-order valence-corrected chi connectivity index (χ0v) is 9.97. The highest BCUT2D eigenvalue weighted by atomic mass is 35.5. The second kappa shape index (κ2) is 5.17. The van der Waals surface area contributed by atoms with Crippen molar-refractivity contribution in [2.24, 2.45) is 0 Å². The lowest BCUT2D eigenvalue weighted by atomic mass is 10.2. The molecule has 0 bridgehead atoms. The van der Waals surface area contributed by atoms with Gasteiger partial charge in [-0.05, 0) is 38.5 Å². The number of aryl methyl sites for hydroxylation is 1. The topological polar surface area (TPSA) is 26.3 Å². The Labute approximate surface area is 95.2 Å². The van der Waals surface area contributed by atoms with E-state index in [0.717, 1.165) is 5.56 Å². The molecule has 0 aliphatic heterocycles. The zero-order valence-electron chi connectivity index (χ0n) is 9.21. The maximum absolute atomic E-state index is 10.9. The molecule has 1 aromatic rings. The van der Waals surface area contributed by atoms with Crippen molar-refractivity contribution in [1.82, 2.24) is 0 Å². The summed E-state index contributed by atoms with van der Waals surface area (Å²) in [4.78, 5) is 10.9. The van der Waals surface area contributed by atoms with Crippen LogP contribution in [-0.4, -0.2) is 11.9 Å². The number of ether oxygens (including phenoxy) is 1. The number of benzene rings is 1. The number of hydrogen-bond donors (Lipinski definition) is 0. The van der Waals surface area contributed by atoms with Crippen molar-refractivity contribution in [3.63, 3.8) is 0 Å². The summed E-state index contributed by atoms with van der Waals surface area (Å²) in [6, 6.07) is 5.59. The van der Waals surface area contributed by atoms with E-state index in [1.54, 1.807) is 13.0 Å². The molecule has 0 aliphatic carbocycles. The van der Waals surface area contributed by atoms with Crippen LogP contribution in [0.4, 0.5) is 0 Å². The first kappa shape index (κ1) is 12.1. The van der Waals surface area contributed by atoms with E-state index in [1.807, 2.05) is 26.0 Å². The molecule has 0 N–H and O–H groups in total. The Morgan fingerprint density at radius 3 is 2.80 bits per heavy atom. The third-order valence-electron chi connectivity index (χ3n) is 1.99. The monoisotopic (exact) mass is 226 g/mol. The fourth-order valence-electron chi connectivity index (χ4n) is 1.36. The third-order valence-corrected chi connectivity index (χ3v) is 2.30. The molecule has 1 atom stereocenters. The summed E-state index contributed by atoms with van der Waals surface area (Å²) in [6.07, 6.45) is 0.270. The molecule has 0 fully saturated rings. The average molecular weight is 227 g/mol. The summed E-state index contributed by atoms with van der Waals surface area (Å²) in [5.74, 6) is 0.761. The van der Waals surface area contributed by atoms with Crippen LogP contribution in [0, 0.1) is 6.92 Å². The fourth-order valence-corrected chi connectivity index (χ4v) is 1.53. The summed E-state index contributed by atoms with van der Waals surface area (Å²) in [6.45, 7) is 5.39. The molecule has 0 heterocycles. The van der Waals surface area contributed by atoms with Crippen LogP contribution in [0.3, 0.4) is 0 Å². The van der Waals surface area contributed by atoms with Crippen LogP contribution < -0.4 is 4.74 Å². The molecule has 82 valence electrons. The van der Waals surface area contributed by atoms with E-state index >= 15 is 0 Å². The van der Waals surface area contributed by atoms with E-state index in [1.165, 1.54) is 0 Å². The number of carbonyl (C=O) groups excluding carboxylic acids is 1. The molecular weight excluding hydrogens is 212 g/mol. The van der Waals surface area contributed by atoms with Crippen molar-refractivity contribution >= 4 is 17.4 Å². The first-order valence-corrected chi connectivity index (χ1v) is 5.29. The summed E-state index contributed by atoms with van der Waals surface area (Å²) < 4.78 is 5.58. The predicted molar refractivity (Wildman–Crippen MR) is 61.6 cm³/mol. The average Bonchev–Trinajstić information content (AvgIpc) is 2.10. The second-order valence-corrected chi connectivity index (χ2v) is 4.18.